The van der Waals surface area contributed by atoms with E-state index >= 15 is 0 Å². The number of ketones is 1. The van der Waals surface area contributed by atoms with Gasteiger partial charge in [0.2, 0.25) is 5.78 Å². The Morgan fingerprint density at radius 2 is 1.76 bits per heavy atom. The number of Topliss-reactive ketones (excluding diaryl/α,β-unsaturated/α-hetero) is 1. The fourth-order valence-electron chi connectivity index (χ4n) is 3.53. The van der Waals surface area contributed by atoms with E-state index in [0.717, 1.165) is 23.0 Å². The molecule has 3 rings (SSSR count). The number of benzene rings is 2. The van der Waals surface area contributed by atoms with E-state index in [-0.39, 0.29) is 17.0 Å². The molecule has 1 atom stereocenters. The van der Waals surface area contributed by atoms with E-state index in [4.69, 9.17) is 4.74 Å². The molecule has 34 heavy (non-hydrogen) atoms. The van der Waals surface area contributed by atoms with Crippen molar-refractivity contribution in [2.75, 3.05) is 6.61 Å². The van der Waals surface area contributed by atoms with Crippen molar-refractivity contribution in [3.05, 3.63) is 98.9 Å². The van der Waals surface area contributed by atoms with Crippen LogP contribution in [0.4, 0.5) is 5.69 Å². The Morgan fingerprint density at radius 1 is 1.06 bits per heavy atom. The average Bonchev–Trinajstić information content (AvgIpc) is 3.11. The van der Waals surface area contributed by atoms with Gasteiger partial charge in [-0.3, -0.25) is 19.7 Å². The summed E-state index contributed by atoms with van der Waals surface area (Å²) in [6.45, 7) is 5.31. The van der Waals surface area contributed by atoms with Crippen molar-refractivity contribution < 1.29 is 24.0 Å². The second-order valence-electron chi connectivity index (χ2n) is 7.89. The van der Waals surface area contributed by atoms with Crippen LogP contribution in [0.15, 0.2) is 60.7 Å². The minimum Gasteiger partial charge on any atom is -0.456 e. The molecular formula is C25H25N3O6. The number of aromatic nitrogens is 1. The molecule has 1 amide bonds. The molecule has 1 N–H and O–H groups in total. The van der Waals surface area contributed by atoms with Gasteiger partial charge in [0.15, 0.2) is 6.61 Å². The monoisotopic (exact) mass is 463 g/mol. The van der Waals surface area contributed by atoms with Crippen molar-refractivity contribution in [1.29, 1.82) is 0 Å². The van der Waals surface area contributed by atoms with Crippen LogP contribution in [0.3, 0.4) is 0 Å². The first-order chi connectivity index (χ1) is 16.2. The Kier molecular flexibility index (Phi) is 7.57. The number of esters is 1. The summed E-state index contributed by atoms with van der Waals surface area (Å²) < 4.78 is 7.14. The van der Waals surface area contributed by atoms with Crippen molar-refractivity contribution in [1.82, 2.24) is 9.88 Å². The number of nitrogens with zero attached hydrogens (tertiary/aromatic N) is 2. The predicted molar refractivity (Wildman–Crippen MR) is 125 cm³/mol. The number of aryl methyl sites for hydroxylation is 1. The third-order valence-electron chi connectivity index (χ3n) is 5.42. The van der Waals surface area contributed by atoms with Gasteiger partial charge in [-0.25, -0.2) is 4.79 Å². The van der Waals surface area contributed by atoms with E-state index in [0.29, 0.717) is 12.1 Å². The van der Waals surface area contributed by atoms with Gasteiger partial charge in [-0.05, 0) is 38.5 Å². The molecule has 0 bridgehead atoms. The molecule has 3 aromatic rings. The first kappa shape index (κ1) is 24.4. The van der Waals surface area contributed by atoms with Crippen LogP contribution >= 0.6 is 0 Å². The Bertz CT molecular complexity index is 1230. The summed E-state index contributed by atoms with van der Waals surface area (Å²) in [5, 5.41) is 13.3. The average molecular weight is 463 g/mol. The van der Waals surface area contributed by atoms with Crippen LogP contribution < -0.4 is 5.32 Å². The zero-order valence-corrected chi connectivity index (χ0v) is 19.1. The molecule has 0 saturated heterocycles. The van der Waals surface area contributed by atoms with E-state index in [2.05, 4.69) is 5.32 Å². The molecule has 0 aliphatic rings. The molecule has 0 fully saturated rings. The second-order valence-corrected chi connectivity index (χ2v) is 7.89. The fraction of sp³-hybridized carbons (Fsp3) is 0.240. The van der Waals surface area contributed by atoms with E-state index in [9.17, 15) is 24.5 Å². The van der Waals surface area contributed by atoms with Crippen molar-refractivity contribution in [2.45, 2.75) is 33.4 Å². The van der Waals surface area contributed by atoms with E-state index in [1.807, 2.05) is 48.7 Å². The van der Waals surface area contributed by atoms with Gasteiger partial charge < -0.3 is 14.6 Å². The summed E-state index contributed by atoms with van der Waals surface area (Å²) in [5.41, 5.74) is 3.05. The number of nitro benzene ring substituents is 1. The molecule has 0 aliphatic heterocycles. The van der Waals surface area contributed by atoms with E-state index in [1.165, 1.54) is 25.1 Å². The summed E-state index contributed by atoms with van der Waals surface area (Å²) in [7, 11) is 0. The molecular weight excluding hydrogens is 438 g/mol. The van der Waals surface area contributed by atoms with Crippen molar-refractivity contribution in [2.24, 2.45) is 0 Å². The molecule has 2 aromatic carbocycles. The van der Waals surface area contributed by atoms with Gasteiger partial charge >= 0.3 is 5.97 Å². The van der Waals surface area contributed by atoms with Gasteiger partial charge in [-0.2, -0.15) is 0 Å². The van der Waals surface area contributed by atoms with Gasteiger partial charge in [-0.1, -0.05) is 36.4 Å². The molecule has 0 aliphatic carbocycles. The maximum absolute atomic E-state index is 12.7. The van der Waals surface area contributed by atoms with Gasteiger partial charge in [0, 0.05) is 41.2 Å². The van der Waals surface area contributed by atoms with Crippen LogP contribution in [0.1, 0.15) is 44.6 Å². The Balaban J connectivity index is 1.59. The third-order valence-corrected chi connectivity index (χ3v) is 5.42. The number of hydrogen-bond donors (Lipinski definition) is 1. The molecule has 0 radical (unpaired) electrons. The highest BCUT2D eigenvalue weighted by molar-refractivity contribution is 6.00. The molecule has 0 unspecified atom stereocenters. The minimum absolute atomic E-state index is 0.0378. The molecule has 9 nitrogen and oxygen atoms in total. The van der Waals surface area contributed by atoms with Crippen LogP contribution in [-0.4, -0.2) is 39.8 Å². The summed E-state index contributed by atoms with van der Waals surface area (Å²) in [6, 6.07) is 15.7. The first-order valence-electron chi connectivity index (χ1n) is 10.6. The lowest BCUT2D eigenvalue weighted by molar-refractivity contribution is -0.384. The van der Waals surface area contributed by atoms with Crippen molar-refractivity contribution in [3.8, 4) is 0 Å². The molecule has 176 valence electrons. The summed E-state index contributed by atoms with van der Waals surface area (Å²) in [5.74, 6) is -1.80. The van der Waals surface area contributed by atoms with Gasteiger partial charge in [-0.15, -0.1) is 0 Å². The maximum atomic E-state index is 12.7. The quantitative estimate of drug-likeness (QED) is 0.224. The number of rotatable bonds is 9. The van der Waals surface area contributed by atoms with Crippen LogP contribution in [0.2, 0.25) is 0 Å². The highest BCUT2D eigenvalue weighted by Crippen LogP contribution is 2.18. The molecule has 0 saturated carbocycles. The zero-order chi connectivity index (χ0) is 24.8. The van der Waals surface area contributed by atoms with Gasteiger partial charge in [0.1, 0.15) is 6.04 Å². The van der Waals surface area contributed by atoms with Gasteiger partial charge in [0.25, 0.3) is 11.6 Å². The van der Waals surface area contributed by atoms with E-state index in [1.54, 1.807) is 6.07 Å². The highest BCUT2D eigenvalue weighted by Gasteiger charge is 2.22. The van der Waals surface area contributed by atoms with Crippen LogP contribution in [0.25, 0.3) is 0 Å². The summed E-state index contributed by atoms with van der Waals surface area (Å²) >= 11 is 0. The molecule has 9 heteroatoms. The zero-order valence-electron chi connectivity index (χ0n) is 19.1. The number of ether oxygens (including phenoxy) is 1. The maximum Gasteiger partial charge on any atom is 0.328 e. The minimum atomic E-state index is -1.05. The Labute approximate surface area is 196 Å². The van der Waals surface area contributed by atoms with Gasteiger partial charge in [0.05, 0.1) is 4.92 Å². The number of nitrogens with one attached hydrogen (secondary N) is 1. The number of nitro groups is 1. The van der Waals surface area contributed by atoms with Crippen molar-refractivity contribution >= 4 is 23.3 Å². The van der Waals surface area contributed by atoms with Crippen LogP contribution in [0.5, 0.6) is 0 Å². The summed E-state index contributed by atoms with van der Waals surface area (Å²) in [4.78, 5) is 47.6. The number of non-ortho nitro benzene ring substituents is 1. The third kappa shape index (κ3) is 5.74. The topological polar surface area (TPSA) is 121 Å². The summed E-state index contributed by atoms with van der Waals surface area (Å²) in [6.07, 6.45) is 0. The number of carbonyl (C=O) groups excluding carboxylic acids is 3. The number of carbonyl (C=O) groups is 3. The largest absolute Gasteiger partial charge is 0.456 e. The second kappa shape index (κ2) is 10.6. The predicted octanol–water partition coefficient (Wildman–Crippen LogP) is 3.61. The Morgan fingerprint density at radius 3 is 2.44 bits per heavy atom. The molecule has 1 aromatic heterocycles. The highest BCUT2D eigenvalue weighted by atomic mass is 16.6. The lowest BCUT2D eigenvalue weighted by atomic mass is 10.1. The normalized spacial score (nSPS) is 11.5. The Hall–Kier alpha value is -4.27. The number of hydrogen-bond acceptors (Lipinski definition) is 6. The van der Waals surface area contributed by atoms with Crippen LogP contribution in [0, 0.1) is 24.0 Å². The first-order valence-corrected chi connectivity index (χ1v) is 10.6. The molecule has 1 heterocycles. The lowest BCUT2D eigenvalue weighted by Gasteiger charge is -2.13. The fourth-order valence-corrected chi connectivity index (χ4v) is 3.53. The number of amides is 1. The van der Waals surface area contributed by atoms with Crippen LogP contribution in [-0.2, 0) is 16.1 Å². The van der Waals surface area contributed by atoms with Crippen molar-refractivity contribution in [3.63, 3.8) is 0 Å². The van der Waals surface area contributed by atoms with E-state index < -0.39 is 29.4 Å². The smallest absolute Gasteiger partial charge is 0.328 e. The lowest BCUT2D eigenvalue weighted by Crippen LogP contribution is -2.40. The molecule has 0 spiro atoms. The SMILES string of the molecule is Cc1cc(C(=O)COC(=O)[C@H](C)NC(=O)c2cccc([N+](=O)[O-])c2)c(C)n1Cc1ccccc1. The standard InChI is InChI=1S/C25H25N3O6/c1-16-12-22(18(3)27(16)14-19-8-5-4-6-9-19)23(29)15-34-25(31)17(2)26-24(30)20-10-7-11-21(13-20)28(32)33/h4-13,17H,14-15H2,1-3H3,(H,26,30)/t17-/m0/s1.